The van der Waals surface area contributed by atoms with E-state index in [-0.39, 0.29) is 11.8 Å². The van der Waals surface area contributed by atoms with Crippen molar-refractivity contribution in [1.29, 1.82) is 0 Å². The molecule has 0 radical (unpaired) electrons. The first-order chi connectivity index (χ1) is 7.95. The van der Waals surface area contributed by atoms with E-state index in [9.17, 15) is 9.59 Å². The van der Waals surface area contributed by atoms with Gasteiger partial charge in [0.1, 0.15) is 6.04 Å². The van der Waals surface area contributed by atoms with Gasteiger partial charge in [-0.3, -0.25) is 4.79 Å². The van der Waals surface area contributed by atoms with Gasteiger partial charge in [-0.1, -0.05) is 20.3 Å². The molecule has 1 rings (SSSR count). The maximum absolute atomic E-state index is 11.8. The van der Waals surface area contributed by atoms with Crippen molar-refractivity contribution in [2.75, 3.05) is 0 Å². The summed E-state index contributed by atoms with van der Waals surface area (Å²) < 4.78 is 1.00. The molecule has 94 valence electrons. The van der Waals surface area contributed by atoms with Crippen LogP contribution in [0, 0.1) is 8.80 Å². The van der Waals surface area contributed by atoms with Crippen LogP contribution >= 0.6 is 33.9 Å². The number of hydrogen-bond donors (Lipinski definition) is 2. The number of hydrogen-bond acceptors (Lipinski definition) is 3. The van der Waals surface area contributed by atoms with E-state index in [1.807, 2.05) is 13.8 Å². The Labute approximate surface area is 118 Å². The van der Waals surface area contributed by atoms with Crippen LogP contribution in [0.2, 0.25) is 0 Å². The highest BCUT2D eigenvalue weighted by atomic mass is 127. The van der Waals surface area contributed by atoms with Gasteiger partial charge in [-0.15, -0.1) is 11.3 Å². The highest BCUT2D eigenvalue weighted by Gasteiger charge is 2.25. The minimum Gasteiger partial charge on any atom is -0.480 e. The van der Waals surface area contributed by atoms with Crippen molar-refractivity contribution >= 4 is 45.8 Å². The molecule has 0 spiro atoms. The molecule has 1 aromatic heterocycles. The molecule has 0 bridgehead atoms. The van der Waals surface area contributed by atoms with Crippen LogP contribution in [0.4, 0.5) is 0 Å². The number of carboxylic acid groups (broad SMARTS) is 1. The van der Waals surface area contributed by atoms with Gasteiger partial charge in [0.25, 0.3) is 5.91 Å². The summed E-state index contributed by atoms with van der Waals surface area (Å²) in [5, 5.41) is 13.4. The molecule has 1 amide bonds. The highest BCUT2D eigenvalue weighted by molar-refractivity contribution is 14.1. The van der Waals surface area contributed by atoms with E-state index in [0.29, 0.717) is 12.0 Å². The Bertz CT molecular complexity index is 419. The number of rotatable bonds is 5. The Hall–Kier alpha value is -0.630. The fraction of sp³-hybridized carbons (Fsp3) is 0.455. The normalized spacial score (nSPS) is 14.1. The van der Waals surface area contributed by atoms with Crippen LogP contribution in [-0.4, -0.2) is 23.0 Å². The summed E-state index contributed by atoms with van der Waals surface area (Å²) in [5.41, 5.74) is 0.522. The van der Waals surface area contributed by atoms with E-state index in [1.54, 1.807) is 11.4 Å². The lowest BCUT2D eigenvalue weighted by Crippen LogP contribution is -2.44. The first-order valence-electron chi connectivity index (χ1n) is 5.23. The summed E-state index contributed by atoms with van der Waals surface area (Å²) in [7, 11) is 0. The Morgan fingerprint density at radius 2 is 2.24 bits per heavy atom. The van der Waals surface area contributed by atoms with Crippen molar-refractivity contribution in [2.24, 2.45) is 5.92 Å². The molecular weight excluding hydrogens is 353 g/mol. The van der Waals surface area contributed by atoms with Crippen molar-refractivity contribution in [3.63, 3.8) is 0 Å². The third-order valence-electron chi connectivity index (χ3n) is 2.60. The molecule has 0 saturated carbocycles. The topological polar surface area (TPSA) is 66.4 Å². The minimum atomic E-state index is -0.988. The van der Waals surface area contributed by atoms with Crippen molar-refractivity contribution < 1.29 is 14.7 Å². The van der Waals surface area contributed by atoms with Crippen LogP contribution in [0.25, 0.3) is 0 Å². The lowest BCUT2D eigenvalue weighted by atomic mass is 9.99. The van der Waals surface area contributed by atoms with Gasteiger partial charge in [0.2, 0.25) is 0 Å². The predicted molar refractivity (Wildman–Crippen MR) is 75.4 cm³/mol. The second-order valence-corrected chi connectivity index (χ2v) is 6.62. The molecule has 2 atom stereocenters. The SMILES string of the molecule is CCC(C)[C@H](NC(=O)c1csc(I)c1)C(=O)O. The minimum absolute atomic E-state index is 0.0887. The fourth-order valence-corrected chi connectivity index (χ4v) is 2.66. The van der Waals surface area contributed by atoms with E-state index >= 15 is 0 Å². The number of nitrogens with one attached hydrogen (secondary N) is 1. The quantitative estimate of drug-likeness (QED) is 0.787. The second-order valence-electron chi connectivity index (χ2n) is 3.81. The maximum atomic E-state index is 11.8. The van der Waals surface area contributed by atoms with Crippen molar-refractivity contribution in [2.45, 2.75) is 26.3 Å². The Morgan fingerprint density at radius 1 is 1.59 bits per heavy atom. The van der Waals surface area contributed by atoms with Crippen molar-refractivity contribution in [1.82, 2.24) is 5.32 Å². The number of amides is 1. The molecule has 17 heavy (non-hydrogen) atoms. The molecule has 1 aromatic rings. The zero-order valence-corrected chi connectivity index (χ0v) is 12.5. The van der Waals surface area contributed by atoms with E-state index in [2.05, 4.69) is 27.9 Å². The van der Waals surface area contributed by atoms with Crippen LogP contribution in [0.3, 0.4) is 0 Å². The van der Waals surface area contributed by atoms with Gasteiger partial charge in [-0.25, -0.2) is 4.79 Å². The van der Waals surface area contributed by atoms with Crippen LogP contribution in [-0.2, 0) is 4.79 Å². The maximum Gasteiger partial charge on any atom is 0.326 e. The number of carbonyl (C=O) groups excluding carboxylic acids is 1. The van der Waals surface area contributed by atoms with Crippen molar-refractivity contribution in [3.05, 3.63) is 19.9 Å². The Morgan fingerprint density at radius 3 is 2.65 bits per heavy atom. The summed E-state index contributed by atoms with van der Waals surface area (Å²) >= 11 is 3.58. The van der Waals surface area contributed by atoms with Crippen LogP contribution in [0.5, 0.6) is 0 Å². The van der Waals surface area contributed by atoms with Gasteiger partial charge >= 0.3 is 5.97 Å². The number of halogens is 1. The Kier molecular flexibility index (Phi) is 5.38. The monoisotopic (exact) mass is 367 g/mol. The molecule has 0 fully saturated rings. The molecule has 2 N–H and O–H groups in total. The smallest absolute Gasteiger partial charge is 0.326 e. The predicted octanol–water partition coefficient (Wildman–Crippen LogP) is 2.58. The summed E-state index contributed by atoms with van der Waals surface area (Å²) in [6, 6.07) is 0.917. The average Bonchev–Trinajstić information content (AvgIpc) is 2.71. The summed E-state index contributed by atoms with van der Waals surface area (Å²) in [6.07, 6.45) is 0.707. The number of carbonyl (C=O) groups is 2. The largest absolute Gasteiger partial charge is 0.480 e. The number of aliphatic carboxylic acids is 1. The van der Waals surface area contributed by atoms with Gasteiger partial charge in [-0.2, -0.15) is 0 Å². The van der Waals surface area contributed by atoms with Gasteiger partial charge in [-0.05, 0) is 34.6 Å². The molecule has 1 heterocycles. The standard InChI is InChI=1S/C11H14INO3S/c1-3-6(2)9(11(15)16)13-10(14)7-4-8(12)17-5-7/h4-6,9H,3H2,1-2H3,(H,13,14)(H,15,16)/t6?,9-/m0/s1. The molecule has 0 saturated heterocycles. The molecule has 1 unspecified atom stereocenters. The van der Waals surface area contributed by atoms with Crippen LogP contribution in [0.1, 0.15) is 30.6 Å². The zero-order valence-electron chi connectivity index (χ0n) is 9.57. The van der Waals surface area contributed by atoms with Gasteiger partial charge in [0.05, 0.1) is 8.45 Å². The summed E-state index contributed by atoms with van der Waals surface area (Å²) in [5.74, 6) is -1.40. The molecule has 6 heteroatoms. The van der Waals surface area contributed by atoms with E-state index in [4.69, 9.17) is 5.11 Å². The van der Waals surface area contributed by atoms with Gasteiger partial charge < -0.3 is 10.4 Å². The van der Waals surface area contributed by atoms with Crippen LogP contribution in [0.15, 0.2) is 11.4 Å². The van der Waals surface area contributed by atoms with E-state index < -0.39 is 12.0 Å². The van der Waals surface area contributed by atoms with Gasteiger partial charge in [0.15, 0.2) is 0 Å². The molecule has 0 aliphatic heterocycles. The molecular formula is C11H14INO3S. The number of carboxylic acids is 1. The molecule has 0 aliphatic carbocycles. The molecule has 0 aliphatic rings. The van der Waals surface area contributed by atoms with Crippen molar-refractivity contribution in [3.8, 4) is 0 Å². The van der Waals surface area contributed by atoms with Gasteiger partial charge in [0, 0.05) is 5.38 Å². The van der Waals surface area contributed by atoms with Crippen LogP contribution < -0.4 is 5.32 Å². The third kappa shape index (κ3) is 3.95. The zero-order chi connectivity index (χ0) is 13.0. The average molecular weight is 367 g/mol. The lowest BCUT2D eigenvalue weighted by molar-refractivity contribution is -0.140. The highest BCUT2D eigenvalue weighted by Crippen LogP contribution is 2.17. The third-order valence-corrected chi connectivity index (χ3v) is 4.38. The first-order valence-corrected chi connectivity index (χ1v) is 7.19. The second kappa shape index (κ2) is 6.34. The van der Waals surface area contributed by atoms with E-state index in [0.717, 1.165) is 2.88 Å². The molecule has 4 nitrogen and oxygen atoms in total. The van der Waals surface area contributed by atoms with E-state index in [1.165, 1.54) is 11.3 Å². The Balaban J connectivity index is 2.74. The summed E-state index contributed by atoms with van der Waals surface area (Å²) in [4.78, 5) is 22.9. The fourth-order valence-electron chi connectivity index (χ4n) is 1.34. The molecule has 0 aromatic carbocycles. The first kappa shape index (κ1) is 14.4. The summed E-state index contributed by atoms with van der Waals surface area (Å²) in [6.45, 7) is 3.72. The lowest BCUT2D eigenvalue weighted by Gasteiger charge is -2.19. The number of thiophene rings is 1.